The molecule has 1 heterocycles. The number of anilines is 1. The Morgan fingerprint density at radius 3 is 2.70 bits per heavy atom. The highest BCUT2D eigenvalue weighted by molar-refractivity contribution is 7.87. The summed E-state index contributed by atoms with van der Waals surface area (Å²) < 4.78 is 24.1. The molecule has 0 aliphatic carbocycles. The molecule has 1 aliphatic rings. The molecule has 9 heteroatoms. The van der Waals surface area contributed by atoms with Crippen LogP contribution in [-0.2, 0) is 10.2 Å². The Kier molecular flexibility index (Phi) is 5.54. The van der Waals surface area contributed by atoms with E-state index in [1.165, 1.54) is 0 Å². The van der Waals surface area contributed by atoms with Crippen molar-refractivity contribution in [2.24, 2.45) is 11.1 Å². The lowest BCUT2D eigenvalue weighted by molar-refractivity contribution is 0.178. The number of likely N-dealkylation sites (tertiary alicyclic amines) is 1. The van der Waals surface area contributed by atoms with E-state index in [-0.39, 0.29) is 18.5 Å². The van der Waals surface area contributed by atoms with Crippen LogP contribution in [0.15, 0.2) is 24.3 Å². The van der Waals surface area contributed by atoms with Gasteiger partial charge in [0.05, 0.1) is 11.6 Å². The summed E-state index contributed by atoms with van der Waals surface area (Å²) in [6.07, 6.45) is 1.64. The van der Waals surface area contributed by atoms with E-state index in [4.69, 9.17) is 10.4 Å². The molecule has 8 nitrogen and oxygen atoms in total. The molecule has 124 valence electrons. The number of hydrogen-bond donors (Lipinski definition) is 3. The maximum Gasteiger partial charge on any atom is 0.321 e. The molecule has 0 aromatic heterocycles. The molecule has 1 aromatic rings. The summed E-state index contributed by atoms with van der Waals surface area (Å²) in [6, 6.07) is 8.37. The van der Waals surface area contributed by atoms with Gasteiger partial charge in [-0.2, -0.15) is 13.7 Å². The maximum atomic E-state index is 12.3. The standard InChI is InChI=1S/C14H19N5O3S/c15-8-11-3-5-13(6-4-11)18-14(20)19-7-1-2-12(10-19)9-17-23(16,21)22/h3-6,12,17H,1-2,7,9-10H2,(H,18,20)(H2,16,21,22)/t12-/m0/s1. The molecular formula is C14H19N5O3S. The maximum absolute atomic E-state index is 12.3. The van der Waals surface area contributed by atoms with Crippen molar-refractivity contribution in [2.45, 2.75) is 12.8 Å². The van der Waals surface area contributed by atoms with Crippen molar-refractivity contribution < 1.29 is 13.2 Å². The predicted molar refractivity (Wildman–Crippen MR) is 85.6 cm³/mol. The van der Waals surface area contributed by atoms with Crippen LogP contribution in [0.25, 0.3) is 0 Å². The fraction of sp³-hybridized carbons (Fsp3) is 0.429. The summed E-state index contributed by atoms with van der Waals surface area (Å²) in [6.45, 7) is 1.30. The van der Waals surface area contributed by atoms with Crippen molar-refractivity contribution in [3.8, 4) is 6.07 Å². The number of nitrogens with zero attached hydrogens (tertiary/aromatic N) is 2. The number of nitriles is 1. The van der Waals surface area contributed by atoms with Crippen molar-refractivity contribution in [3.05, 3.63) is 29.8 Å². The van der Waals surface area contributed by atoms with Gasteiger partial charge < -0.3 is 10.2 Å². The van der Waals surface area contributed by atoms with E-state index in [1.807, 2.05) is 6.07 Å². The van der Waals surface area contributed by atoms with E-state index in [0.717, 1.165) is 12.8 Å². The van der Waals surface area contributed by atoms with Crippen molar-refractivity contribution in [3.63, 3.8) is 0 Å². The Morgan fingerprint density at radius 1 is 1.39 bits per heavy atom. The number of nitrogens with two attached hydrogens (primary N) is 1. The van der Waals surface area contributed by atoms with Gasteiger partial charge in [-0.25, -0.2) is 14.7 Å². The first kappa shape index (κ1) is 17.2. The molecule has 1 atom stereocenters. The normalized spacial score (nSPS) is 18.3. The zero-order chi connectivity index (χ0) is 16.9. The van der Waals surface area contributed by atoms with Crippen LogP contribution in [-0.4, -0.2) is 39.0 Å². The monoisotopic (exact) mass is 337 g/mol. The number of carbonyl (C=O) groups excluding carboxylic acids is 1. The van der Waals surface area contributed by atoms with E-state index in [9.17, 15) is 13.2 Å². The number of benzene rings is 1. The molecule has 2 amide bonds. The Labute approximate surface area is 135 Å². The highest BCUT2D eigenvalue weighted by Crippen LogP contribution is 2.17. The van der Waals surface area contributed by atoms with E-state index in [2.05, 4.69) is 10.0 Å². The van der Waals surface area contributed by atoms with Crippen LogP contribution >= 0.6 is 0 Å². The molecule has 1 saturated heterocycles. The van der Waals surface area contributed by atoms with E-state index in [0.29, 0.717) is 24.3 Å². The molecule has 1 aromatic carbocycles. The minimum Gasteiger partial charge on any atom is -0.324 e. The van der Waals surface area contributed by atoms with Gasteiger partial charge in [0.1, 0.15) is 0 Å². The first-order chi connectivity index (χ1) is 10.9. The second kappa shape index (κ2) is 7.41. The predicted octanol–water partition coefficient (Wildman–Crippen LogP) is 0.595. The van der Waals surface area contributed by atoms with Gasteiger partial charge in [-0.15, -0.1) is 0 Å². The zero-order valence-electron chi connectivity index (χ0n) is 12.5. The molecule has 0 unspecified atom stereocenters. The Morgan fingerprint density at radius 2 is 2.09 bits per heavy atom. The van der Waals surface area contributed by atoms with Crippen molar-refractivity contribution >= 4 is 21.9 Å². The van der Waals surface area contributed by atoms with Crippen LogP contribution in [0.4, 0.5) is 10.5 Å². The summed E-state index contributed by atoms with van der Waals surface area (Å²) in [5, 5.41) is 16.4. The quantitative estimate of drug-likeness (QED) is 0.743. The molecule has 0 saturated carbocycles. The Balaban J connectivity index is 1.89. The first-order valence-corrected chi connectivity index (χ1v) is 8.75. The molecule has 0 spiro atoms. The summed E-state index contributed by atoms with van der Waals surface area (Å²) in [5.41, 5.74) is 1.13. The van der Waals surface area contributed by atoms with E-state index < -0.39 is 10.2 Å². The average Bonchev–Trinajstić information content (AvgIpc) is 2.53. The van der Waals surface area contributed by atoms with Crippen LogP contribution in [0, 0.1) is 17.2 Å². The minimum atomic E-state index is -3.71. The lowest BCUT2D eigenvalue weighted by Crippen LogP contribution is -2.46. The third-order valence-corrected chi connectivity index (χ3v) is 4.21. The van der Waals surface area contributed by atoms with Crippen molar-refractivity contribution in [2.75, 3.05) is 25.0 Å². The molecule has 0 radical (unpaired) electrons. The van der Waals surface area contributed by atoms with Crippen molar-refractivity contribution in [1.29, 1.82) is 5.26 Å². The van der Waals surface area contributed by atoms with Crippen LogP contribution < -0.4 is 15.2 Å². The number of carbonyl (C=O) groups is 1. The van der Waals surface area contributed by atoms with Gasteiger partial charge in [-0.3, -0.25) is 0 Å². The van der Waals surface area contributed by atoms with Gasteiger partial charge in [0, 0.05) is 25.3 Å². The van der Waals surface area contributed by atoms with Gasteiger partial charge in [0.2, 0.25) is 0 Å². The molecule has 1 aliphatic heterocycles. The number of nitrogens with one attached hydrogen (secondary N) is 2. The third-order valence-electron chi connectivity index (χ3n) is 3.64. The van der Waals surface area contributed by atoms with Crippen LogP contribution in [0.3, 0.4) is 0 Å². The summed E-state index contributed by atoms with van der Waals surface area (Å²) in [5.74, 6) is 0.0359. The van der Waals surface area contributed by atoms with E-state index in [1.54, 1.807) is 29.2 Å². The largest absolute Gasteiger partial charge is 0.324 e. The lowest BCUT2D eigenvalue weighted by atomic mass is 9.99. The number of amides is 2. The number of hydrogen-bond acceptors (Lipinski definition) is 4. The molecular weight excluding hydrogens is 318 g/mol. The minimum absolute atomic E-state index is 0.0359. The summed E-state index contributed by atoms with van der Waals surface area (Å²) in [7, 11) is -3.71. The number of rotatable bonds is 4. The van der Waals surface area contributed by atoms with Crippen molar-refractivity contribution in [1.82, 2.24) is 9.62 Å². The van der Waals surface area contributed by atoms with Gasteiger partial charge in [-0.1, -0.05) is 0 Å². The Hall–Kier alpha value is -2.15. The van der Waals surface area contributed by atoms with Gasteiger partial charge in [0.25, 0.3) is 10.2 Å². The smallest absolute Gasteiger partial charge is 0.321 e. The second-order valence-corrected chi connectivity index (χ2v) is 6.85. The Bertz CT molecular complexity index is 696. The first-order valence-electron chi connectivity index (χ1n) is 7.21. The molecule has 4 N–H and O–H groups in total. The number of piperidine rings is 1. The molecule has 23 heavy (non-hydrogen) atoms. The fourth-order valence-electron chi connectivity index (χ4n) is 2.48. The van der Waals surface area contributed by atoms with Gasteiger partial charge in [-0.05, 0) is 43.0 Å². The third kappa shape index (κ3) is 5.52. The fourth-order valence-corrected chi connectivity index (χ4v) is 2.95. The molecule has 1 fully saturated rings. The summed E-state index contributed by atoms with van der Waals surface area (Å²) in [4.78, 5) is 13.9. The average molecular weight is 337 g/mol. The number of urea groups is 1. The van der Waals surface area contributed by atoms with Gasteiger partial charge in [0.15, 0.2) is 0 Å². The highest BCUT2D eigenvalue weighted by Gasteiger charge is 2.24. The van der Waals surface area contributed by atoms with E-state index >= 15 is 0 Å². The lowest BCUT2D eigenvalue weighted by Gasteiger charge is -2.32. The van der Waals surface area contributed by atoms with Gasteiger partial charge >= 0.3 is 6.03 Å². The summed E-state index contributed by atoms with van der Waals surface area (Å²) >= 11 is 0. The molecule has 0 bridgehead atoms. The second-order valence-electron chi connectivity index (χ2n) is 5.47. The highest BCUT2D eigenvalue weighted by atomic mass is 32.2. The SMILES string of the molecule is N#Cc1ccc(NC(=O)N2CCC[C@@H](CNS(N)(=O)=O)C2)cc1. The topological polar surface area (TPSA) is 128 Å². The zero-order valence-corrected chi connectivity index (χ0v) is 13.3. The molecule has 2 rings (SSSR count). The van der Waals surface area contributed by atoms with Crippen LogP contribution in [0.1, 0.15) is 18.4 Å². The van der Waals surface area contributed by atoms with Crippen LogP contribution in [0.2, 0.25) is 0 Å². The van der Waals surface area contributed by atoms with Crippen LogP contribution in [0.5, 0.6) is 0 Å².